The summed E-state index contributed by atoms with van der Waals surface area (Å²) in [5.74, 6) is -0.183. The number of hydrogen-bond donors (Lipinski definition) is 1. The van der Waals surface area contributed by atoms with Crippen LogP contribution in [-0.4, -0.2) is 41.8 Å². The first kappa shape index (κ1) is 20.8. The SMILES string of the molecule is Cc1sc2ncn(CCC(=O)Nc3cc(Cl)ccc3N3CCOCC3)c(=O)c2c1C. The molecule has 1 aromatic carbocycles. The summed E-state index contributed by atoms with van der Waals surface area (Å²) >= 11 is 7.67. The number of thiophene rings is 1. The van der Waals surface area contributed by atoms with Crippen molar-refractivity contribution < 1.29 is 9.53 Å². The molecular formula is C21H23ClN4O3S. The Morgan fingerprint density at radius 2 is 2.07 bits per heavy atom. The fraction of sp³-hybridized carbons (Fsp3) is 0.381. The van der Waals surface area contributed by atoms with E-state index in [1.807, 2.05) is 26.0 Å². The molecule has 9 heteroatoms. The third-order valence-corrected chi connectivity index (χ3v) is 6.67. The molecule has 1 fully saturated rings. The Morgan fingerprint density at radius 1 is 1.30 bits per heavy atom. The first-order chi connectivity index (χ1) is 14.4. The maximum Gasteiger partial charge on any atom is 0.262 e. The minimum atomic E-state index is -0.183. The molecule has 1 N–H and O–H groups in total. The van der Waals surface area contributed by atoms with Crippen molar-refractivity contribution in [2.45, 2.75) is 26.8 Å². The van der Waals surface area contributed by atoms with Gasteiger partial charge in [0.05, 0.1) is 36.3 Å². The Hall–Kier alpha value is -2.42. The van der Waals surface area contributed by atoms with Gasteiger partial charge in [0.25, 0.3) is 5.56 Å². The monoisotopic (exact) mass is 446 g/mol. The van der Waals surface area contributed by atoms with Crippen LogP contribution in [0, 0.1) is 13.8 Å². The number of amides is 1. The second-order valence-electron chi connectivity index (χ2n) is 7.27. The molecule has 1 saturated heterocycles. The van der Waals surface area contributed by atoms with Gasteiger partial charge in [0, 0.05) is 36.0 Å². The van der Waals surface area contributed by atoms with E-state index in [-0.39, 0.29) is 24.4 Å². The first-order valence-corrected chi connectivity index (χ1v) is 11.0. The number of carbonyl (C=O) groups is 1. The summed E-state index contributed by atoms with van der Waals surface area (Å²) in [4.78, 5) is 33.8. The molecule has 0 atom stereocenters. The summed E-state index contributed by atoms with van der Waals surface area (Å²) < 4.78 is 6.91. The van der Waals surface area contributed by atoms with Crippen molar-refractivity contribution in [3.05, 3.63) is 50.3 Å². The number of fused-ring (bicyclic) bond motifs is 1. The molecular weight excluding hydrogens is 424 g/mol. The van der Waals surface area contributed by atoms with Crippen LogP contribution in [0.2, 0.25) is 5.02 Å². The number of nitrogens with one attached hydrogen (secondary N) is 1. The molecule has 2 aromatic heterocycles. The van der Waals surface area contributed by atoms with Crippen LogP contribution >= 0.6 is 22.9 Å². The molecule has 1 aliphatic heterocycles. The number of morpholine rings is 1. The van der Waals surface area contributed by atoms with E-state index in [1.165, 1.54) is 22.2 Å². The molecule has 0 radical (unpaired) electrons. The van der Waals surface area contributed by atoms with E-state index >= 15 is 0 Å². The Kier molecular flexibility index (Phi) is 6.08. The molecule has 1 aliphatic rings. The molecule has 0 unspecified atom stereocenters. The van der Waals surface area contributed by atoms with Crippen LogP contribution < -0.4 is 15.8 Å². The highest BCUT2D eigenvalue weighted by Crippen LogP contribution is 2.30. The third-order valence-electron chi connectivity index (χ3n) is 5.32. The van der Waals surface area contributed by atoms with E-state index < -0.39 is 0 Å². The number of aryl methyl sites for hydroxylation is 3. The maximum atomic E-state index is 12.8. The number of rotatable bonds is 5. The van der Waals surface area contributed by atoms with E-state index in [0.717, 1.165) is 34.0 Å². The minimum Gasteiger partial charge on any atom is -0.378 e. The van der Waals surface area contributed by atoms with Crippen LogP contribution in [-0.2, 0) is 16.1 Å². The van der Waals surface area contributed by atoms with E-state index in [0.29, 0.717) is 29.3 Å². The quantitative estimate of drug-likeness (QED) is 0.648. The lowest BCUT2D eigenvalue weighted by molar-refractivity contribution is -0.116. The van der Waals surface area contributed by atoms with Crippen molar-refractivity contribution in [1.29, 1.82) is 0 Å². The molecule has 4 rings (SSSR count). The highest BCUT2D eigenvalue weighted by atomic mass is 35.5. The number of aromatic nitrogens is 2. The van der Waals surface area contributed by atoms with Gasteiger partial charge in [-0.05, 0) is 37.6 Å². The van der Waals surface area contributed by atoms with Gasteiger partial charge in [0.1, 0.15) is 4.83 Å². The maximum absolute atomic E-state index is 12.8. The number of ether oxygens (including phenoxy) is 1. The van der Waals surface area contributed by atoms with Gasteiger partial charge in [0.2, 0.25) is 5.91 Å². The molecule has 3 aromatic rings. The van der Waals surface area contributed by atoms with Gasteiger partial charge in [-0.15, -0.1) is 11.3 Å². The molecule has 158 valence electrons. The van der Waals surface area contributed by atoms with Gasteiger partial charge in [0.15, 0.2) is 0 Å². The molecule has 7 nitrogen and oxygen atoms in total. The van der Waals surface area contributed by atoms with Crippen LogP contribution in [0.1, 0.15) is 16.9 Å². The average Bonchev–Trinajstić information content (AvgIpc) is 3.03. The Balaban J connectivity index is 1.49. The number of hydrogen-bond acceptors (Lipinski definition) is 6. The van der Waals surface area contributed by atoms with Crippen LogP contribution in [0.5, 0.6) is 0 Å². The third kappa shape index (κ3) is 4.21. The van der Waals surface area contributed by atoms with Crippen molar-refractivity contribution in [2.75, 3.05) is 36.5 Å². The van der Waals surface area contributed by atoms with Crippen molar-refractivity contribution >= 4 is 50.4 Å². The molecule has 1 amide bonds. The number of benzene rings is 1. The van der Waals surface area contributed by atoms with Crippen LogP contribution in [0.15, 0.2) is 29.3 Å². The largest absolute Gasteiger partial charge is 0.378 e. The summed E-state index contributed by atoms with van der Waals surface area (Å²) in [5, 5.41) is 4.15. The first-order valence-electron chi connectivity index (χ1n) is 9.81. The van der Waals surface area contributed by atoms with E-state index in [9.17, 15) is 9.59 Å². The predicted octanol–water partition coefficient (Wildman–Crippen LogP) is 3.59. The van der Waals surface area contributed by atoms with Gasteiger partial charge in [-0.2, -0.15) is 0 Å². The minimum absolute atomic E-state index is 0.105. The topological polar surface area (TPSA) is 76.5 Å². The molecule has 3 heterocycles. The molecule has 0 bridgehead atoms. The number of halogens is 1. The lowest BCUT2D eigenvalue weighted by Gasteiger charge is -2.30. The van der Waals surface area contributed by atoms with Gasteiger partial charge >= 0.3 is 0 Å². The number of nitrogens with zero attached hydrogens (tertiary/aromatic N) is 3. The second-order valence-corrected chi connectivity index (χ2v) is 8.91. The van der Waals surface area contributed by atoms with E-state index in [4.69, 9.17) is 16.3 Å². The lowest BCUT2D eigenvalue weighted by Crippen LogP contribution is -2.36. The fourth-order valence-corrected chi connectivity index (χ4v) is 4.71. The summed E-state index contributed by atoms with van der Waals surface area (Å²) in [6.07, 6.45) is 1.68. The van der Waals surface area contributed by atoms with Gasteiger partial charge in [-0.25, -0.2) is 4.98 Å². The zero-order valence-electron chi connectivity index (χ0n) is 16.9. The number of anilines is 2. The summed E-state index contributed by atoms with van der Waals surface area (Å²) in [6, 6.07) is 5.47. The number of carbonyl (C=O) groups excluding carboxylic acids is 1. The molecule has 0 saturated carbocycles. The Labute approximate surface area is 183 Å². The summed E-state index contributed by atoms with van der Waals surface area (Å²) in [5.41, 5.74) is 2.44. The van der Waals surface area contributed by atoms with Crippen molar-refractivity contribution in [2.24, 2.45) is 0 Å². The lowest BCUT2D eigenvalue weighted by atomic mass is 10.2. The Morgan fingerprint density at radius 3 is 2.83 bits per heavy atom. The van der Waals surface area contributed by atoms with E-state index in [2.05, 4.69) is 15.2 Å². The van der Waals surface area contributed by atoms with Crippen LogP contribution in [0.25, 0.3) is 10.2 Å². The highest BCUT2D eigenvalue weighted by molar-refractivity contribution is 7.18. The average molecular weight is 447 g/mol. The predicted molar refractivity (Wildman–Crippen MR) is 121 cm³/mol. The summed E-state index contributed by atoms with van der Waals surface area (Å²) in [6.45, 7) is 6.98. The van der Waals surface area contributed by atoms with Crippen molar-refractivity contribution in [1.82, 2.24) is 9.55 Å². The highest BCUT2D eigenvalue weighted by Gasteiger charge is 2.17. The van der Waals surface area contributed by atoms with Gasteiger partial charge in [-0.1, -0.05) is 11.6 Å². The molecule has 0 spiro atoms. The second kappa shape index (κ2) is 8.75. The van der Waals surface area contributed by atoms with E-state index in [1.54, 1.807) is 6.07 Å². The normalized spacial score (nSPS) is 14.3. The fourth-order valence-electron chi connectivity index (χ4n) is 3.55. The Bertz CT molecular complexity index is 1150. The summed E-state index contributed by atoms with van der Waals surface area (Å²) in [7, 11) is 0. The van der Waals surface area contributed by atoms with Crippen LogP contribution in [0.4, 0.5) is 11.4 Å². The van der Waals surface area contributed by atoms with Gasteiger partial charge < -0.3 is 15.0 Å². The van der Waals surface area contributed by atoms with Crippen LogP contribution in [0.3, 0.4) is 0 Å². The zero-order chi connectivity index (χ0) is 21.3. The van der Waals surface area contributed by atoms with Gasteiger partial charge in [-0.3, -0.25) is 14.2 Å². The van der Waals surface area contributed by atoms with Crippen molar-refractivity contribution in [3.63, 3.8) is 0 Å². The molecule has 30 heavy (non-hydrogen) atoms. The molecule has 0 aliphatic carbocycles. The standard InChI is InChI=1S/C21H23ClN4O3S/c1-13-14(2)30-20-19(13)21(28)26(12-23-20)6-5-18(27)24-16-11-15(22)3-4-17(16)25-7-9-29-10-8-25/h3-4,11-12H,5-10H2,1-2H3,(H,24,27). The van der Waals surface area contributed by atoms with Crippen molar-refractivity contribution in [3.8, 4) is 0 Å². The smallest absolute Gasteiger partial charge is 0.262 e. The zero-order valence-corrected chi connectivity index (χ0v) is 18.5.